The van der Waals surface area contributed by atoms with E-state index < -0.39 is 47.1 Å². The molecule has 11 nitrogen and oxygen atoms in total. The number of hydrogen-bond donors (Lipinski definition) is 1. The molecule has 1 aromatic carbocycles. The van der Waals surface area contributed by atoms with Gasteiger partial charge in [-0.2, -0.15) is 0 Å². The SMILES string of the molecule is Cc1c(-c2ncco2)sc2c1c(=O)n(C(C)(C)C(=O)O)c(=O)n2C[C@H](OC1CCOCC1)c1ccccc1OC(F)(F)F. The van der Waals surface area contributed by atoms with Gasteiger partial charge in [-0.15, -0.1) is 24.5 Å². The summed E-state index contributed by atoms with van der Waals surface area (Å²) in [5.74, 6) is -1.77. The molecule has 0 unspecified atom stereocenters. The molecular formula is C28H28F3N3O8S. The maximum Gasteiger partial charge on any atom is 0.573 e. The Morgan fingerprint density at radius 1 is 1.21 bits per heavy atom. The molecule has 5 rings (SSSR count). The van der Waals surface area contributed by atoms with Gasteiger partial charge < -0.3 is 23.7 Å². The Kier molecular flexibility index (Phi) is 8.24. The van der Waals surface area contributed by atoms with Crippen LogP contribution in [0.15, 0.2) is 50.7 Å². The molecule has 4 aromatic rings. The Morgan fingerprint density at radius 3 is 2.53 bits per heavy atom. The van der Waals surface area contributed by atoms with Crippen molar-refractivity contribution in [3.8, 4) is 16.5 Å². The van der Waals surface area contributed by atoms with Crippen LogP contribution >= 0.6 is 11.3 Å². The fourth-order valence-electron chi connectivity index (χ4n) is 5.02. The second-order valence-electron chi connectivity index (χ2n) is 10.5. The number of aromatic nitrogens is 3. The van der Waals surface area contributed by atoms with Gasteiger partial charge in [-0.25, -0.2) is 19.1 Å². The first-order chi connectivity index (χ1) is 20.3. The molecule has 1 aliphatic rings. The van der Waals surface area contributed by atoms with Crippen LogP contribution in [0.1, 0.15) is 43.9 Å². The van der Waals surface area contributed by atoms with Crippen molar-refractivity contribution in [3.05, 3.63) is 68.7 Å². The summed E-state index contributed by atoms with van der Waals surface area (Å²) in [6.07, 6.45) is -2.92. The summed E-state index contributed by atoms with van der Waals surface area (Å²) < 4.78 is 63.5. The maximum absolute atomic E-state index is 14.1. The van der Waals surface area contributed by atoms with Gasteiger partial charge in [-0.3, -0.25) is 9.36 Å². The lowest BCUT2D eigenvalue weighted by atomic mass is 10.0. The third-order valence-electron chi connectivity index (χ3n) is 7.29. The lowest BCUT2D eigenvalue weighted by molar-refractivity contribution is -0.275. The number of nitrogens with zero attached hydrogens (tertiary/aromatic N) is 3. The monoisotopic (exact) mass is 623 g/mol. The van der Waals surface area contributed by atoms with Gasteiger partial charge in [-0.05, 0) is 45.2 Å². The van der Waals surface area contributed by atoms with Crippen LogP contribution < -0.4 is 16.0 Å². The summed E-state index contributed by atoms with van der Waals surface area (Å²) in [7, 11) is 0. The van der Waals surface area contributed by atoms with E-state index in [1.165, 1.54) is 49.1 Å². The lowest BCUT2D eigenvalue weighted by Gasteiger charge is -2.30. The third-order valence-corrected chi connectivity index (χ3v) is 8.59. The number of aryl methyl sites for hydroxylation is 1. The van der Waals surface area contributed by atoms with Gasteiger partial charge in [0.05, 0.1) is 29.1 Å². The molecule has 230 valence electrons. The number of benzene rings is 1. The number of hydrogen-bond acceptors (Lipinski definition) is 9. The minimum absolute atomic E-state index is 0.0165. The Morgan fingerprint density at radius 2 is 1.91 bits per heavy atom. The van der Waals surface area contributed by atoms with Gasteiger partial charge in [0.2, 0.25) is 5.89 Å². The molecule has 0 spiro atoms. The van der Waals surface area contributed by atoms with E-state index in [2.05, 4.69) is 9.72 Å². The molecule has 1 fully saturated rings. The van der Waals surface area contributed by atoms with Crippen molar-refractivity contribution in [2.75, 3.05) is 13.2 Å². The van der Waals surface area contributed by atoms with E-state index in [1.54, 1.807) is 6.92 Å². The molecule has 0 bridgehead atoms. The van der Waals surface area contributed by atoms with Crippen LogP contribution in [0.2, 0.25) is 0 Å². The van der Waals surface area contributed by atoms with Crippen molar-refractivity contribution in [1.82, 2.24) is 14.1 Å². The molecule has 3 aromatic heterocycles. The zero-order chi connectivity index (χ0) is 31.1. The van der Waals surface area contributed by atoms with E-state index in [9.17, 15) is 32.7 Å². The van der Waals surface area contributed by atoms with Crippen molar-refractivity contribution in [3.63, 3.8) is 0 Å². The highest BCUT2D eigenvalue weighted by molar-refractivity contribution is 7.22. The molecule has 0 aliphatic carbocycles. The normalized spacial score (nSPS) is 15.6. The second-order valence-corrected chi connectivity index (χ2v) is 11.5. The zero-order valence-corrected chi connectivity index (χ0v) is 24.2. The molecule has 43 heavy (non-hydrogen) atoms. The van der Waals surface area contributed by atoms with Crippen molar-refractivity contribution in [2.24, 2.45) is 0 Å². The molecule has 0 saturated carbocycles. The Hall–Kier alpha value is -3.95. The summed E-state index contributed by atoms with van der Waals surface area (Å²) in [5, 5.41) is 10.0. The molecule has 1 aliphatic heterocycles. The van der Waals surface area contributed by atoms with E-state index in [0.29, 0.717) is 41.1 Å². The van der Waals surface area contributed by atoms with Crippen LogP contribution in [0.3, 0.4) is 0 Å². The molecular weight excluding hydrogens is 595 g/mol. The summed E-state index contributed by atoms with van der Waals surface area (Å²) in [5.41, 5.74) is -3.37. The van der Waals surface area contributed by atoms with E-state index >= 15 is 0 Å². The van der Waals surface area contributed by atoms with Crippen LogP contribution in [0.5, 0.6) is 5.75 Å². The molecule has 1 atom stereocenters. The van der Waals surface area contributed by atoms with Crippen molar-refractivity contribution in [1.29, 1.82) is 0 Å². The number of oxazole rings is 1. The summed E-state index contributed by atoms with van der Waals surface area (Å²) >= 11 is 1.02. The van der Waals surface area contributed by atoms with E-state index in [-0.39, 0.29) is 28.2 Å². The smallest absolute Gasteiger partial charge is 0.480 e. The number of carbonyl (C=O) groups is 1. The molecule has 4 heterocycles. The zero-order valence-electron chi connectivity index (χ0n) is 23.3. The van der Waals surface area contributed by atoms with Gasteiger partial charge >= 0.3 is 18.0 Å². The Bertz CT molecular complexity index is 1750. The first-order valence-electron chi connectivity index (χ1n) is 13.3. The molecule has 0 radical (unpaired) electrons. The van der Waals surface area contributed by atoms with Crippen LogP contribution in [0.4, 0.5) is 13.2 Å². The maximum atomic E-state index is 14.1. The van der Waals surface area contributed by atoms with Gasteiger partial charge in [0.1, 0.15) is 28.5 Å². The third kappa shape index (κ3) is 5.96. The van der Waals surface area contributed by atoms with E-state index in [0.717, 1.165) is 17.4 Å². The number of rotatable bonds is 9. The predicted molar refractivity (Wildman–Crippen MR) is 148 cm³/mol. The number of halogens is 3. The molecule has 15 heteroatoms. The number of carboxylic acids is 1. The van der Waals surface area contributed by atoms with Gasteiger partial charge in [-0.1, -0.05) is 18.2 Å². The highest BCUT2D eigenvalue weighted by Crippen LogP contribution is 2.38. The van der Waals surface area contributed by atoms with Crippen LogP contribution in [0, 0.1) is 6.92 Å². The fourth-order valence-corrected chi connectivity index (χ4v) is 6.27. The fraction of sp³-hybridized carbons (Fsp3) is 0.429. The number of aliphatic carboxylic acids is 1. The summed E-state index contributed by atoms with van der Waals surface area (Å²) in [6, 6.07) is 5.44. The van der Waals surface area contributed by atoms with E-state index in [4.69, 9.17) is 13.9 Å². The topological polar surface area (TPSA) is 135 Å². The summed E-state index contributed by atoms with van der Waals surface area (Å²) in [6.45, 7) is 4.44. The van der Waals surface area contributed by atoms with Crippen LogP contribution in [0.25, 0.3) is 21.0 Å². The second kappa shape index (κ2) is 11.6. The first kappa shape index (κ1) is 30.5. The number of para-hydroxylation sites is 1. The summed E-state index contributed by atoms with van der Waals surface area (Å²) in [4.78, 5) is 44.9. The number of ether oxygens (including phenoxy) is 3. The predicted octanol–water partition coefficient (Wildman–Crippen LogP) is 4.84. The standard InChI is InChI=1S/C28H28F3N3O8S/c1-15-20-23(35)34(27(2,3)25(36)37)26(38)33(24(20)43-21(15)22-32-10-13-40-22)14-19(41-16-8-11-39-12-9-16)17-6-4-5-7-18(17)42-28(29,30)31/h4-7,10,13,16,19H,8-9,11-12,14H2,1-3H3,(H,36,37)/t19-/m0/s1. The van der Waals surface area contributed by atoms with Gasteiger partial charge in [0.25, 0.3) is 5.56 Å². The molecule has 1 N–H and O–H groups in total. The van der Waals surface area contributed by atoms with Crippen LogP contribution in [-0.2, 0) is 26.4 Å². The number of fused-ring (bicyclic) bond motifs is 1. The highest BCUT2D eigenvalue weighted by Gasteiger charge is 2.37. The Balaban J connectivity index is 1.76. The largest absolute Gasteiger partial charge is 0.573 e. The highest BCUT2D eigenvalue weighted by atomic mass is 32.1. The molecule has 1 saturated heterocycles. The average Bonchev–Trinajstić information content (AvgIpc) is 3.58. The van der Waals surface area contributed by atoms with Gasteiger partial charge in [0.15, 0.2) is 0 Å². The minimum Gasteiger partial charge on any atom is -0.480 e. The Labute approximate surface area is 246 Å². The van der Waals surface area contributed by atoms with E-state index in [1.807, 2.05) is 0 Å². The van der Waals surface area contributed by atoms with Gasteiger partial charge in [0, 0.05) is 18.8 Å². The first-order valence-corrected chi connectivity index (χ1v) is 14.1. The lowest BCUT2D eigenvalue weighted by Crippen LogP contribution is -2.52. The quantitative estimate of drug-likeness (QED) is 0.278. The van der Waals surface area contributed by atoms with Crippen LogP contribution in [-0.4, -0.2) is 50.9 Å². The van der Waals surface area contributed by atoms with Crippen molar-refractivity contribution in [2.45, 2.75) is 64.3 Å². The molecule has 0 amide bonds. The number of carboxylic acid groups (broad SMARTS) is 1. The number of thiophene rings is 1. The van der Waals surface area contributed by atoms with Crippen molar-refractivity contribution >= 4 is 27.5 Å². The van der Waals surface area contributed by atoms with Crippen molar-refractivity contribution < 1.29 is 41.7 Å². The minimum atomic E-state index is -5.00. The average molecular weight is 624 g/mol. The number of alkyl halides is 3.